The fourth-order valence-corrected chi connectivity index (χ4v) is 2.62. The minimum atomic E-state index is -0.117. The van der Waals surface area contributed by atoms with Gasteiger partial charge in [-0.1, -0.05) is 24.3 Å². The van der Waals surface area contributed by atoms with Crippen molar-refractivity contribution < 1.29 is 4.74 Å². The summed E-state index contributed by atoms with van der Waals surface area (Å²) < 4.78 is 5.68. The summed E-state index contributed by atoms with van der Waals surface area (Å²) in [6.07, 6.45) is 2.58. The van der Waals surface area contributed by atoms with E-state index < -0.39 is 0 Å². The van der Waals surface area contributed by atoms with E-state index in [9.17, 15) is 4.79 Å². The van der Waals surface area contributed by atoms with Crippen LogP contribution in [0.1, 0.15) is 30.0 Å². The van der Waals surface area contributed by atoms with Gasteiger partial charge in [0, 0.05) is 12.7 Å². The van der Waals surface area contributed by atoms with E-state index >= 15 is 0 Å². The first-order chi connectivity index (χ1) is 9.69. The predicted molar refractivity (Wildman–Crippen MR) is 85.7 cm³/mol. The van der Waals surface area contributed by atoms with Gasteiger partial charge < -0.3 is 9.72 Å². The van der Waals surface area contributed by atoms with Gasteiger partial charge >= 0.3 is 0 Å². The number of H-pyrrole nitrogens is 1. The third-order valence-electron chi connectivity index (χ3n) is 3.45. The maximum Gasteiger partial charge on any atom is 0.264 e. The van der Waals surface area contributed by atoms with Crippen LogP contribution in [0, 0.1) is 3.57 Å². The number of hydrogen-bond donors (Lipinski definition) is 1. The van der Waals surface area contributed by atoms with Gasteiger partial charge in [0.1, 0.15) is 9.39 Å². The van der Waals surface area contributed by atoms with Crippen LogP contribution in [0.15, 0.2) is 29.1 Å². The van der Waals surface area contributed by atoms with E-state index in [-0.39, 0.29) is 5.56 Å². The number of ether oxygens (including phenoxy) is 1. The van der Waals surface area contributed by atoms with Crippen LogP contribution in [0.3, 0.4) is 0 Å². The summed E-state index contributed by atoms with van der Waals surface area (Å²) in [7, 11) is 1.60. The van der Waals surface area contributed by atoms with Crippen molar-refractivity contribution in [3.63, 3.8) is 0 Å². The standard InChI is InChI=1S/C15H15IN2O2/c1-20-8-12-13(16)15(19)18-14(17-12)11-6-4-10(5-7-11)9-2-3-9/h4-7,9H,2-3,8H2,1H3,(H,17,18,19). The van der Waals surface area contributed by atoms with E-state index in [2.05, 4.69) is 22.1 Å². The van der Waals surface area contributed by atoms with E-state index in [0.29, 0.717) is 21.7 Å². The molecule has 0 atom stereocenters. The molecule has 20 heavy (non-hydrogen) atoms. The van der Waals surface area contributed by atoms with Crippen molar-refractivity contribution in [2.45, 2.75) is 25.4 Å². The average Bonchev–Trinajstić information content (AvgIpc) is 3.29. The van der Waals surface area contributed by atoms with E-state index in [1.54, 1.807) is 7.11 Å². The van der Waals surface area contributed by atoms with Crippen LogP contribution in [0.25, 0.3) is 11.4 Å². The molecule has 0 aliphatic heterocycles. The zero-order valence-electron chi connectivity index (χ0n) is 11.1. The molecule has 0 bridgehead atoms. The lowest BCUT2D eigenvalue weighted by Gasteiger charge is -2.07. The summed E-state index contributed by atoms with van der Waals surface area (Å²) in [5.41, 5.74) is 2.87. The number of nitrogens with one attached hydrogen (secondary N) is 1. The molecule has 1 heterocycles. The van der Waals surface area contributed by atoms with Gasteiger partial charge in [-0.2, -0.15) is 0 Å². The molecule has 1 fully saturated rings. The molecule has 3 rings (SSSR count). The van der Waals surface area contributed by atoms with Crippen molar-refractivity contribution in [1.82, 2.24) is 9.97 Å². The number of aromatic nitrogens is 2. The summed E-state index contributed by atoms with van der Waals surface area (Å²) >= 11 is 2.00. The van der Waals surface area contributed by atoms with Crippen LogP contribution in [-0.4, -0.2) is 17.1 Å². The third-order valence-corrected chi connectivity index (χ3v) is 4.56. The Morgan fingerprint density at radius 2 is 2.05 bits per heavy atom. The molecule has 1 N–H and O–H groups in total. The molecule has 4 nitrogen and oxygen atoms in total. The van der Waals surface area contributed by atoms with Gasteiger partial charge in [0.05, 0.1) is 12.3 Å². The molecule has 1 aliphatic carbocycles. The summed E-state index contributed by atoms with van der Waals surface area (Å²) in [5, 5.41) is 0. The van der Waals surface area contributed by atoms with Gasteiger partial charge in [-0.25, -0.2) is 4.98 Å². The SMILES string of the molecule is COCc1nc(-c2ccc(C3CC3)cc2)[nH]c(=O)c1I. The molecule has 2 aromatic rings. The Hall–Kier alpha value is -1.21. The molecule has 0 radical (unpaired) electrons. The second kappa shape index (κ2) is 5.65. The van der Waals surface area contributed by atoms with Crippen LogP contribution < -0.4 is 5.56 Å². The molecule has 1 aliphatic rings. The average molecular weight is 382 g/mol. The monoisotopic (exact) mass is 382 g/mol. The lowest BCUT2D eigenvalue weighted by atomic mass is 10.1. The minimum absolute atomic E-state index is 0.117. The Labute approximate surface area is 130 Å². The summed E-state index contributed by atoms with van der Waals surface area (Å²) in [6.45, 7) is 0.343. The fraction of sp³-hybridized carbons (Fsp3) is 0.333. The van der Waals surface area contributed by atoms with Crippen molar-refractivity contribution in [3.8, 4) is 11.4 Å². The van der Waals surface area contributed by atoms with Crippen molar-refractivity contribution in [3.05, 3.63) is 49.4 Å². The minimum Gasteiger partial charge on any atom is -0.378 e. The number of rotatable bonds is 4. The van der Waals surface area contributed by atoms with Gasteiger partial charge in [-0.3, -0.25) is 4.79 Å². The maximum atomic E-state index is 11.9. The lowest BCUT2D eigenvalue weighted by molar-refractivity contribution is 0.180. The van der Waals surface area contributed by atoms with Crippen LogP contribution in [0.2, 0.25) is 0 Å². The number of hydrogen-bond acceptors (Lipinski definition) is 3. The third kappa shape index (κ3) is 2.78. The molecule has 1 saturated carbocycles. The summed E-state index contributed by atoms with van der Waals surface area (Å²) in [4.78, 5) is 19.3. The first-order valence-electron chi connectivity index (χ1n) is 6.57. The van der Waals surface area contributed by atoms with Crippen LogP contribution in [0.5, 0.6) is 0 Å². The van der Waals surface area contributed by atoms with Crippen LogP contribution >= 0.6 is 22.6 Å². The number of methoxy groups -OCH3 is 1. The first-order valence-corrected chi connectivity index (χ1v) is 7.65. The zero-order chi connectivity index (χ0) is 14.1. The fourth-order valence-electron chi connectivity index (χ4n) is 2.20. The Morgan fingerprint density at radius 3 is 2.65 bits per heavy atom. The molecule has 1 aromatic heterocycles. The lowest BCUT2D eigenvalue weighted by Crippen LogP contribution is -2.16. The highest BCUT2D eigenvalue weighted by Crippen LogP contribution is 2.40. The molecular formula is C15H15IN2O2. The van der Waals surface area contributed by atoms with Crippen molar-refractivity contribution in [2.24, 2.45) is 0 Å². The van der Waals surface area contributed by atoms with Crippen molar-refractivity contribution in [2.75, 3.05) is 7.11 Å². The first kappa shape index (κ1) is 13.8. The topological polar surface area (TPSA) is 55.0 Å². The van der Waals surface area contributed by atoms with E-state index in [1.165, 1.54) is 18.4 Å². The largest absolute Gasteiger partial charge is 0.378 e. The second-order valence-corrected chi connectivity index (χ2v) is 6.08. The van der Waals surface area contributed by atoms with Crippen LogP contribution in [-0.2, 0) is 11.3 Å². The smallest absolute Gasteiger partial charge is 0.264 e. The normalized spacial score (nSPS) is 14.5. The Morgan fingerprint density at radius 1 is 1.35 bits per heavy atom. The van der Waals surface area contributed by atoms with Crippen LogP contribution in [0.4, 0.5) is 0 Å². The Kier molecular flexibility index (Phi) is 3.89. The predicted octanol–water partition coefficient (Wildman–Crippen LogP) is 3.07. The second-order valence-electron chi connectivity index (χ2n) is 5.00. The summed E-state index contributed by atoms with van der Waals surface area (Å²) in [6, 6.07) is 8.30. The number of halogens is 1. The molecule has 1 aromatic carbocycles. The highest BCUT2D eigenvalue weighted by Gasteiger charge is 2.23. The number of aromatic amines is 1. The molecular weight excluding hydrogens is 367 g/mol. The Bertz CT molecular complexity index is 675. The molecule has 0 spiro atoms. The maximum absolute atomic E-state index is 11.9. The van der Waals surface area contributed by atoms with E-state index in [4.69, 9.17) is 4.74 Å². The van der Waals surface area contributed by atoms with E-state index in [1.807, 2.05) is 34.7 Å². The van der Waals surface area contributed by atoms with Crippen molar-refractivity contribution >= 4 is 22.6 Å². The van der Waals surface area contributed by atoms with Gasteiger partial charge in [0.2, 0.25) is 0 Å². The zero-order valence-corrected chi connectivity index (χ0v) is 13.3. The molecule has 0 amide bonds. The molecule has 104 valence electrons. The number of nitrogens with zero attached hydrogens (tertiary/aromatic N) is 1. The van der Waals surface area contributed by atoms with Gasteiger partial charge in [0.25, 0.3) is 5.56 Å². The van der Waals surface area contributed by atoms with Gasteiger partial charge in [-0.05, 0) is 46.9 Å². The van der Waals surface area contributed by atoms with Gasteiger partial charge in [-0.15, -0.1) is 0 Å². The molecule has 0 saturated heterocycles. The number of benzene rings is 1. The molecule has 5 heteroatoms. The molecule has 0 unspecified atom stereocenters. The quantitative estimate of drug-likeness (QED) is 0.828. The van der Waals surface area contributed by atoms with Crippen molar-refractivity contribution in [1.29, 1.82) is 0 Å². The highest BCUT2D eigenvalue weighted by atomic mass is 127. The summed E-state index contributed by atoms with van der Waals surface area (Å²) in [5.74, 6) is 1.33. The Balaban J connectivity index is 1.98. The van der Waals surface area contributed by atoms with Gasteiger partial charge in [0.15, 0.2) is 0 Å². The van der Waals surface area contributed by atoms with E-state index in [0.717, 1.165) is 11.5 Å². The highest BCUT2D eigenvalue weighted by molar-refractivity contribution is 14.1.